The predicted molar refractivity (Wildman–Crippen MR) is 82.9 cm³/mol. The van der Waals surface area contributed by atoms with Gasteiger partial charge in [0.15, 0.2) is 0 Å². The van der Waals surface area contributed by atoms with Crippen LogP contribution in [-0.2, 0) is 0 Å². The number of hydrogen-bond acceptors (Lipinski definition) is 4. The zero-order valence-corrected chi connectivity index (χ0v) is 11.9. The number of aryl methyl sites for hydroxylation is 1. The number of carbonyl (C=O) groups is 1. The van der Waals surface area contributed by atoms with Crippen molar-refractivity contribution in [1.29, 1.82) is 5.26 Å². The molecule has 5 nitrogen and oxygen atoms in total. The summed E-state index contributed by atoms with van der Waals surface area (Å²) < 4.78 is 0. The molecule has 0 radical (unpaired) electrons. The van der Waals surface area contributed by atoms with E-state index in [9.17, 15) is 4.79 Å². The van der Waals surface area contributed by atoms with Gasteiger partial charge in [-0.3, -0.25) is 10.6 Å². The minimum Gasteiger partial charge on any atom is -0.324 e. The maximum Gasteiger partial charge on any atom is 0.258 e. The molecule has 106 valence electrons. The number of benzene rings is 2. The Labute approximate surface area is 123 Å². The van der Waals surface area contributed by atoms with Crippen molar-refractivity contribution in [3.05, 3.63) is 59.2 Å². The smallest absolute Gasteiger partial charge is 0.258 e. The molecule has 5 heteroatoms. The Hall–Kier alpha value is -2.84. The van der Waals surface area contributed by atoms with Gasteiger partial charge in [0.25, 0.3) is 5.91 Å². The number of hydrogen-bond donors (Lipinski definition) is 2. The van der Waals surface area contributed by atoms with Crippen molar-refractivity contribution < 1.29 is 4.79 Å². The topological polar surface area (TPSA) is 82.2 Å². The maximum atomic E-state index is 12.5. The lowest BCUT2D eigenvalue weighted by Gasteiger charge is -2.18. The van der Waals surface area contributed by atoms with Gasteiger partial charge < -0.3 is 10.3 Å². The minimum absolute atomic E-state index is 0.142. The van der Waals surface area contributed by atoms with Crippen molar-refractivity contribution in [1.82, 2.24) is 0 Å². The second-order valence-electron chi connectivity index (χ2n) is 4.70. The zero-order valence-electron chi connectivity index (χ0n) is 11.9. The molecule has 0 aliphatic carbocycles. The van der Waals surface area contributed by atoms with Crippen LogP contribution in [-0.4, -0.2) is 13.0 Å². The van der Waals surface area contributed by atoms with Crippen molar-refractivity contribution in [2.45, 2.75) is 6.92 Å². The highest BCUT2D eigenvalue weighted by molar-refractivity contribution is 6.06. The molecule has 21 heavy (non-hydrogen) atoms. The summed E-state index contributed by atoms with van der Waals surface area (Å²) >= 11 is 0. The molecular weight excluding hydrogens is 264 g/mol. The second-order valence-corrected chi connectivity index (χ2v) is 4.70. The van der Waals surface area contributed by atoms with Crippen molar-refractivity contribution >= 4 is 17.3 Å². The molecule has 0 heterocycles. The Morgan fingerprint density at radius 3 is 2.67 bits per heavy atom. The minimum atomic E-state index is -0.142. The van der Waals surface area contributed by atoms with Crippen LogP contribution in [0.3, 0.4) is 0 Å². The van der Waals surface area contributed by atoms with Gasteiger partial charge in [-0.05, 0) is 48.9 Å². The standard InChI is InChI=1S/C16H16N4O/c1-11-8-13(6-7-15(11)19-18)16(21)20(2)14-5-3-4-12(9-14)10-17/h3-9,19H,18H2,1-2H3. The predicted octanol–water partition coefficient (Wildman–Crippen LogP) is 2.43. The fourth-order valence-corrected chi connectivity index (χ4v) is 2.05. The molecule has 2 aromatic rings. The van der Waals surface area contributed by atoms with Crippen LogP contribution in [0.2, 0.25) is 0 Å². The highest BCUT2D eigenvalue weighted by Crippen LogP contribution is 2.20. The number of nitrogens with one attached hydrogen (secondary N) is 1. The summed E-state index contributed by atoms with van der Waals surface area (Å²) in [4.78, 5) is 14.0. The van der Waals surface area contributed by atoms with Crippen molar-refractivity contribution in [3.63, 3.8) is 0 Å². The summed E-state index contributed by atoms with van der Waals surface area (Å²) in [6.45, 7) is 1.88. The van der Waals surface area contributed by atoms with Gasteiger partial charge in [0.05, 0.1) is 17.3 Å². The molecule has 0 bridgehead atoms. The number of nitrogen functional groups attached to an aromatic ring is 1. The third kappa shape index (κ3) is 3.02. The molecule has 0 fully saturated rings. The largest absolute Gasteiger partial charge is 0.324 e. The normalized spacial score (nSPS) is 9.81. The summed E-state index contributed by atoms with van der Waals surface area (Å²) in [6, 6.07) is 14.3. The summed E-state index contributed by atoms with van der Waals surface area (Å²) in [7, 11) is 1.68. The number of hydrazine groups is 1. The van der Waals surface area contributed by atoms with Gasteiger partial charge in [-0.25, -0.2) is 0 Å². The third-order valence-electron chi connectivity index (χ3n) is 3.30. The molecule has 0 saturated carbocycles. The number of rotatable bonds is 3. The van der Waals surface area contributed by atoms with Crippen LogP contribution in [0.1, 0.15) is 21.5 Å². The number of amides is 1. The third-order valence-corrected chi connectivity index (χ3v) is 3.30. The van der Waals surface area contributed by atoms with E-state index in [1.807, 2.05) is 6.92 Å². The van der Waals surface area contributed by atoms with Crippen molar-refractivity contribution in [2.24, 2.45) is 5.84 Å². The molecule has 2 rings (SSSR count). The molecule has 0 aliphatic heterocycles. The Morgan fingerprint density at radius 2 is 2.05 bits per heavy atom. The SMILES string of the molecule is Cc1cc(C(=O)N(C)c2cccc(C#N)c2)ccc1NN. The van der Waals surface area contributed by atoms with Crippen molar-refractivity contribution in [3.8, 4) is 6.07 Å². The van der Waals surface area contributed by atoms with Crippen LogP contribution in [0, 0.1) is 18.3 Å². The highest BCUT2D eigenvalue weighted by atomic mass is 16.2. The lowest BCUT2D eigenvalue weighted by atomic mass is 10.1. The molecule has 1 amide bonds. The van der Waals surface area contributed by atoms with E-state index in [4.69, 9.17) is 11.1 Å². The molecular formula is C16H16N4O. The first-order valence-corrected chi connectivity index (χ1v) is 6.42. The average molecular weight is 280 g/mol. The van der Waals surface area contributed by atoms with Crippen LogP contribution in [0.15, 0.2) is 42.5 Å². The fourth-order valence-electron chi connectivity index (χ4n) is 2.05. The number of nitrogens with two attached hydrogens (primary N) is 1. The highest BCUT2D eigenvalue weighted by Gasteiger charge is 2.14. The van der Waals surface area contributed by atoms with E-state index >= 15 is 0 Å². The molecule has 2 aromatic carbocycles. The first-order valence-electron chi connectivity index (χ1n) is 6.42. The van der Waals surface area contributed by atoms with Gasteiger partial charge in [-0.2, -0.15) is 5.26 Å². The van der Waals surface area contributed by atoms with E-state index in [0.29, 0.717) is 16.8 Å². The molecule has 0 aromatic heterocycles. The van der Waals surface area contributed by atoms with Crippen LogP contribution >= 0.6 is 0 Å². The lowest BCUT2D eigenvalue weighted by Crippen LogP contribution is -2.26. The van der Waals surface area contributed by atoms with Gasteiger partial charge in [-0.1, -0.05) is 6.07 Å². The molecule has 3 N–H and O–H groups in total. The van der Waals surface area contributed by atoms with Gasteiger partial charge in [0, 0.05) is 18.3 Å². The second kappa shape index (κ2) is 6.07. The Balaban J connectivity index is 2.30. The molecule has 0 saturated heterocycles. The lowest BCUT2D eigenvalue weighted by molar-refractivity contribution is 0.0993. The van der Waals surface area contributed by atoms with Crippen LogP contribution in [0.25, 0.3) is 0 Å². The average Bonchev–Trinajstić information content (AvgIpc) is 2.53. The van der Waals surface area contributed by atoms with Crippen LogP contribution < -0.4 is 16.2 Å². The van der Waals surface area contributed by atoms with Gasteiger partial charge in [0.1, 0.15) is 0 Å². The van der Waals surface area contributed by atoms with Gasteiger partial charge >= 0.3 is 0 Å². The van der Waals surface area contributed by atoms with E-state index < -0.39 is 0 Å². The summed E-state index contributed by atoms with van der Waals surface area (Å²) in [5, 5.41) is 8.92. The number of nitrogens with zero attached hydrogens (tertiary/aromatic N) is 2. The first-order chi connectivity index (χ1) is 10.1. The maximum absolute atomic E-state index is 12.5. The van der Waals surface area contributed by atoms with Crippen molar-refractivity contribution in [2.75, 3.05) is 17.4 Å². The molecule has 0 aliphatic rings. The number of anilines is 2. The Morgan fingerprint density at radius 1 is 1.29 bits per heavy atom. The molecule has 0 unspecified atom stereocenters. The monoisotopic (exact) mass is 280 g/mol. The van der Waals surface area contributed by atoms with E-state index in [2.05, 4.69) is 11.5 Å². The van der Waals surface area contributed by atoms with Gasteiger partial charge in [-0.15, -0.1) is 0 Å². The summed E-state index contributed by atoms with van der Waals surface area (Å²) in [5.41, 5.74) is 6.01. The van der Waals surface area contributed by atoms with E-state index in [-0.39, 0.29) is 5.91 Å². The molecule has 0 atom stereocenters. The summed E-state index contributed by atoms with van der Waals surface area (Å²) in [5.74, 6) is 5.24. The first kappa shape index (κ1) is 14.6. The Kier molecular flexibility index (Phi) is 4.21. The quantitative estimate of drug-likeness (QED) is 0.668. The van der Waals surface area contributed by atoms with Crippen LogP contribution in [0.5, 0.6) is 0 Å². The fraction of sp³-hybridized carbons (Fsp3) is 0.125. The van der Waals surface area contributed by atoms with Gasteiger partial charge in [0.2, 0.25) is 0 Å². The molecule has 0 spiro atoms. The Bertz CT molecular complexity index is 718. The van der Waals surface area contributed by atoms with E-state index in [1.54, 1.807) is 49.5 Å². The van der Waals surface area contributed by atoms with Crippen LogP contribution in [0.4, 0.5) is 11.4 Å². The van der Waals surface area contributed by atoms with E-state index in [0.717, 1.165) is 11.3 Å². The zero-order chi connectivity index (χ0) is 15.4. The number of carbonyl (C=O) groups excluding carboxylic acids is 1. The number of nitriles is 1. The van der Waals surface area contributed by atoms with E-state index in [1.165, 1.54) is 4.90 Å². The summed E-state index contributed by atoms with van der Waals surface area (Å²) in [6.07, 6.45) is 0.